The van der Waals surface area contributed by atoms with Gasteiger partial charge in [-0.2, -0.15) is 0 Å². The first-order chi connectivity index (χ1) is 8.13. The van der Waals surface area contributed by atoms with Gasteiger partial charge in [0, 0.05) is 17.1 Å². The van der Waals surface area contributed by atoms with Gasteiger partial charge in [0.25, 0.3) is 0 Å². The summed E-state index contributed by atoms with van der Waals surface area (Å²) in [5.41, 5.74) is 1.51. The molecule has 0 amide bonds. The summed E-state index contributed by atoms with van der Waals surface area (Å²) in [7, 11) is 1.63. The maximum atomic E-state index is 11.6. The molecule has 0 unspecified atom stereocenters. The fourth-order valence-electron chi connectivity index (χ4n) is 2.19. The summed E-state index contributed by atoms with van der Waals surface area (Å²) in [4.78, 5) is 11.6. The molecule has 1 aromatic rings. The minimum absolute atomic E-state index is 0.0117. The molecule has 3 heteroatoms. The van der Waals surface area contributed by atoms with Crippen LogP contribution in [-0.4, -0.2) is 19.2 Å². The number of hydrogen-bond donors (Lipinski definition) is 0. The van der Waals surface area contributed by atoms with Crippen LogP contribution in [0.5, 0.6) is 5.75 Å². The SMILES string of the molecule is C=C1C(=O)O[C@@H](C)C[C@@H]1c1ccccc1OC. The quantitative estimate of drug-likeness (QED) is 0.581. The van der Waals surface area contributed by atoms with E-state index in [1.807, 2.05) is 31.2 Å². The number of rotatable bonds is 2. The van der Waals surface area contributed by atoms with Crippen molar-refractivity contribution in [3.8, 4) is 5.75 Å². The van der Waals surface area contributed by atoms with E-state index in [0.717, 1.165) is 17.7 Å². The number of ether oxygens (including phenoxy) is 2. The van der Waals surface area contributed by atoms with Crippen LogP contribution in [-0.2, 0) is 9.53 Å². The van der Waals surface area contributed by atoms with Crippen molar-refractivity contribution in [3.05, 3.63) is 42.0 Å². The number of methoxy groups -OCH3 is 1. The maximum absolute atomic E-state index is 11.6. The number of cyclic esters (lactones) is 1. The maximum Gasteiger partial charge on any atom is 0.334 e. The van der Waals surface area contributed by atoms with Gasteiger partial charge in [-0.05, 0) is 19.4 Å². The highest BCUT2D eigenvalue weighted by Crippen LogP contribution is 2.38. The van der Waals surface area contributed by atoms with E-state index in [9.17, 15) is 4.79 Å². The molecule has 0 radical (unpaired) electrons. The van der Waals surface area contributed by atoms with Crippen molar-refractivity contribution in [2.24, 2.45) is 0 Å². The van der Waals surface area contributed by atoms with Crippen molar-refractivity contribution in [3.63, 3.8) is 0 Å². The Balaban J connectivity index is 2.37. The molecular formula is C14H16O3. The zero-order valence-corrected chi connectivity index (χ0v) is 10.1. The van der Waals surface area contributed by atoms with Crippen molar-refractivity contribution >= 4 is 5.97 Å². The second kappa shape index (κ2) is 4.62. The first kappa shape index (κ1) is 11.7. The van der Waals surface area contributed by atoms with Crippen molar-refractivity contribution in [2.45, 2.75) is 25.4 Å². The van der Waals surface area contributed by atoms with Gasteiger partial charge in [0.15, 0.2) is 0 Å². The molecule has 0 bridgehead atoms. The topological polar surface area (TPSA) is 35.5 Å². The lowest BCUT2D eigenvalue weighted by molar-refractivity contribution is -0.147. The number of para-hydroxylation sites is 1. The summed E-state index contributed by atoms with van der Waals surface area (Å²) < 4.78 is 10.5. The number of benzene rings is 1. The van der Waals surface area contributed by atoms with Gasteiger partial charge in [-0.25, -0.2) is 4.79 Å². The Bertz CT molecular complexity index is 451. The molecule has 1 aliphatic rings. The molecule has 3 nitrogen and oxygen atoms in total. The zero-order chi connectivity index (χ0) is 12.4. The van der Waals surface area contributed by atoms with Crippen LogP contribution in [0.3, 0.4) is 0 Å². The smallest absolute Gasteiger partial charge is 0.334 e. The van der Waals surface area contributed by atoms with E-state index in [2.05, 4.69) is 6.58 Å². The lowest BCUT2D eigenvalue weighted by Gasteiger charge is -2.29. The summed E-state index contributed by atoms with van der Waals surface area (Å²) in [6.07, 6.45) is 0.674. The van der Waals surface area contributed by atoms with Gasteiger partial charge in [-0.3, -0.25) is 0 Å². The molecule has 0 aromatic heterocycles. The highest BCUT2D eigenvalue weighted by atomic mass is 16.5. The second-order valence-corrected chi connectivity index (χ2v) is 4.27. The molecule has 90 valence electrons. The van der Waals surface area contributed by atoms with Gasteiger partial charge in [0.1, 0.15) is 11.9 Å². The Morgan fingerprint density at radius 1 is 1.41 bits per heavy atom. The molecule has 1 aromatic carbocycles. The number of hydrogen-bond acceptors (Lipinski definition) is 3. The van der Waals surface area contributed by atoms with Crippen LogP contribution < -0.4 is 4.74 Å². The van der Waals surface area contributed by atoms with E-state index in [4.69, 9.17) is 9.47 Å². The molecule has 2 atom stereocenters. The number of esters is 1. The Kier molecular flexibility index (Phi) is 3.18. The molecule has 0 saturated carbocycles. The predicted molar refractivity (Wildman–Crippen MR) is 65.0 cm³/mol. The minimum Gasteiger partial charge on any atom is -0.496 e. The minimum atomic E-state index is -0.306. The van der Waals surface area contributed by atoms with Gasteiger partial charge >= 0.3 is 5.97 Å². The van der Waals surface area contributed by atoms with E-state index in [1.165, 1.54) is 0 Å². The Labute approximate surface area is 101 Å². The zero-order valence-electron chi connectivity index (χ0n) is 10.1. The Morgan fingerprint density at radius 3 is 2.82 bits per heavy atom. The fraction of sp³-hybridized carbons (Fsp3) is 0.357. The second-order valence-electron chi connectivity index (χ2n) is 4.27. The third-order valence-corrected chi connectivity index (χ3v) is 3.07. The summed E-state index contributed by atoms with van der Waals surface area (Å²) in [5.74, 6) is 0.475. The third-order valence-electron chi connectivity index (χ3n) is 3.07. The fourth-order valence-corrected chi connectivity index (χ4v) is 2.19. The van der Waals surface area contributed by atoms with E-state index >= 15 is 0 Å². The summed E-state index contributed by atoms with van der Waals surface area (Å²) >= 11 is 0. The largest absolute Gasteiger partial charge is 0.496 e. The Morgan fingerprint density at radius 2 is 2.12 bits per heavy atom. The summed E-state index contributed by atoms with van der Waals surface area (Å²) in [6, 6.07) is 7.72. The monoisotopic (exact) mass is 232 g/mol. The van der Waals surface area contributed by atoms with E-state index in [-0.39, 0.29) is 18.0 Å². The van der Waals surface area contributed by atoms with Gasteiger partial charge < -0.3 is 9.47 Å². The van der Waals surface area contributed by atoms with Crippen LogP contribution in [0.2, 0.25) is 0 Å². The third kappa shape index (κ3) is 2.18. The molecule has 0 N–H and O–H groups in total. The first-order valence-electron chi connectivity index (χ1n) is 5.66. The highest BCUT2D eigenvalue weighted by molar-refractivity contribution is 5.90. The molecule has 17 heavy (non-hydrogen) atoms. The van der Waals surface area contributed by atoms with E-state index in [0.29, 0.717) is 5.57 Å². The van der Waals surface area contributed by atoms with Gasteiger partial charge in [-0.15, -0.1) is 0 Å². The van der Waals surface area contributed by atoms with Crippen molar-refractivity contribution < 1.29 is 14.3 Å². The lowest BCUT2D eigenvalue weighted by atomic mass is 9.85. The molecule has 1 fully saturated rings. The van der Waals surface area contributed by atoms with Crippen LogP contribution in [0.25, 0.3) is 0 Å². The van der Waals surface area contributed by atoms with E-state index < -0.39 is 0 Å². The van der Waals surface area contributed by atoms with Gasteiger partial charge in [0.05, 0.1) is 7.11 Å². The van der Waals surface area contributed by atoms with Crippen LogP contribution in [0.15, 0.2) is 36.4 Å². The average Bonchev–Trinajstić information content (AvgIpc) is 2.33. The van der Waals surface area contributed by atoms with Gasteiger partial charge in [0.2, 0.25) is 0 Å². The lowest BCUT2D eigenvalue weighted by Crippen LogP contribution is -2.28. The van der Waals surface area contributed by atoms with Crippen LogP contribution in [0, 0.1) is 0 Å². The standard InChI is InChI=1S/C14H16O3/c1-9-8-12(10(2)14(15)17-9)11-6-4-5-7-13(11)16-3/h4-7,9,12H,2,8H2,1,3H3/t9-,12-/m0/s1. The molecule has 1 saturated heterocycles. The molecule has 2 rings (SSSR count). The average molecular weight is 232 g/mol. The first-order valence-corrected chi connectivity index (χ1v) is 5.66. The normalized spacial score (nSPS) is 24.4. The molecular weight excluding hydrogens is 216 g/mol. The highest BCUT2D eigenvalue weighted by Gasteiger charge is 2.32. The van der Waals surface area contributed by atoms with Crippen LogP contribution in [0.1, 0.15) is 24.8 Å². The van der Waals surface area contributed by atoms with Crippen molar-refractivity contribution in [1.29, 1.82) is 0 Å². The molecule has 1 aliphatic heterocycles. The molecule has 1 heterocycles. The summed E-state index contributed by atoms with van der Waals surface area (Å²) in [5, 5.41) is 0. The van der Waals surface area contributed by atoms with Gasteiger partial charge in [-0.1, -0.05) is 24.8 Å². The van der Waals surface area contributed by atoms with Crippen molar-refractivity contribution in [2.75, 3.05) is 7.11 Å². The van der Waals surface area contributed by atoms with E-state index in [1.54, 1.807) is 7.11 Å². The number of carbonyl (C=O) groups is 1. The van der Waals surface area contributed by atoms with Crippen molar-refractivity contribution in [1.82, 2.24) is 0 Å². The molecule has 0 aliphatic carbocycles. The Hall–Kier alpha value is -1.77. The van der Waals surface area contributed by atoms with Crippen LogP contribution >= 0.6 is 0 Å². The number of carbonyl (C=O) groups excluding carboxylic acids is 1. The van der Waals surface area contributed by atoms with Crippen LogP contribution in [0.4, 0.5) is 0 Å². The predicted octanol–water partition coefficient (Wildman–Crippen LogP) is 2.67. The molecule has 0 spiro atoms. The summed E-state index contributed by atoms with van der Waals surface area (Å²) in [6.45, 7) is 5.73.